The van der Waals surface area contributed by atoms with Crippen LogP contribution in [0.5, 0.6) is 0 Å². The lowest BCUT2D eigenvalue weighted by Gasteiger charge is -2.02. The molecule has 5 heteroatoms. The average molecular weight is 202 g/mol. The highest BCUT2D eigenvalue weighted by atomic mass is 32.2. The SMILES string of the molecule is Sc1ccc2c(c1)NN(S)S2. The normalized spacial score (nSPS) is 16.2. The van der Waals surface area contributed by atoms with Gasteiger partial charge in [-0.15, -0.1) is 16.4 Å². The van der Waals surface area contributed by atoms with Crippen molar-refractivity contribution in [2.24, 2.45) is 0 Å². The van der Waals surface area contributed by atoms with Crippen molar-refractivity contribution in [3.8, 4) is 0 Å². The van der Waals surface area contributed by atoms with Gasteiger partial charge in [-0.05, 0) is 30.1 Å². The van der Waals surface area contributed by atoms with E-state index in [1.54, 1.807) is 15.8 Å². The molecule has 1 aliphatic rings. The Kier molecular flexibility index (Phi) is 1.97. The summed E-state index contributed by atoms with van der Waals surface area (Å²) < 4.78 is 1.66. The fourth-order valence-electron chi connectivity index (χ4n) is 0.904. The number of thiol groups is 2. The maximum Gasteiger partial charge on any atom is 0.0669 e. The molecule has 0 radical (unpaired) electrons. The molecular weight excluding hydrogens is 196 g/mol. The maximum absolute atomic E-state index is 4.22. The van der Waals surface area contributed by atoms with Crippen LogP contribution >= 0.6 is 37.4 Å². The summed E-state index contributed by atoms with van der Waals surface area (Å²) in [5.74, 6) is 0. The summed E-state index contributed by atoms with van der Waals surface area (Å²) in [6.07, 6.45) is 0. The zero-order valence-corrected chi connectivity index (χ0v) is 8.09. The number of fused-ring (bicyclic) bond motifs is 1. The van der Waals surface area contributed by atoms with Crippen molar-refractivity contribution >= 4 is 43.1 Å². The molecule has 2 nitrogen and oxygen atoms in total. The Morgan fingerprint density at radius 2 is 2.27 bits per heavy atom. The fourth-order valence-corrected chi connectivity index (χ4v) is 2.14. The Labute approximate surface area is 80.4 Å². The molecule has 11 heavy (non-hydrogen) atoms. The minimum atomic E-state index is 0.959. The highest BCUT2D eigenvalue weighted by Crippen LogP contribution is 2.39. The topological polar surface area (TPSA) is 15.3 Å². The molecule has 0 amide bonds. The van der Waals surface area contributed by atoms with Gasteiger partial charge in [0, 0.05) is 4.90 Å². The number of nitrogens with one attached hydrogen (secondary N) is 1. The first kappa shape index (κ1) is 7.67. The van der Waals surface area contributed by atoms with Crippen LogP contribution in [0.3, 0.4) is 0 Å². The van der Waals surface area contributed by atoms with Gasteiger partial charge in [0.1, 0.15) is 0 Å². The second kappa shape index (κ2) is 2.82. The van der Waals surface area contributed by atoms with Gasteiger partial charge in [0.2, 0.25) is 0 Å². The fraction of sp³-hybridized carbons (Fsp3) is 0. The first-order chi connectivity index (χ1) is 5.25. The zero-order valence-electron chi connectivity index (χ0n) is 5.48. The van der Waals surface area contributed by atoms with E-state index in [2.05, 4.69) is 30.9 Å². The van der Waals surface area contributed by atoms with Gasteiger partial charge in [-0.3, -0.25) is 5.43 Å². The Balaban J connectivity index is 2.43. The van der Waals surface area contributed by atoms with Gasteiger partial charge < -0.3 is 0 Å². The highest BCUT2D eigenvalue weighted by Gasteiger charge is 2.15. The van der Waals surface area contributed by atoms with Crippen molar-refractivity contribution in [2.75, 3.05) is 5.43 Å². The van der Waals surface area contributed by atoms with E-state index in [1.807, 2.05) is 18.2 Å². The largest absolute Gasteiger partial charge is 0.298 e. The molecule has 0 saturated carbocycles. The van der Waals surface area contributed by atoms with Crippen molar-refractivity contribution in [1.82, 2.24) is 3.82 Å². The van der Waals surface area contributed by atoms with Crippen molar-refractivity contribution in [3.05, 3.63) is 18.2 Å². The molecular formula is C6H6N2S3. The summed E-state index contributed by atoms with van der Waals surface area (Å²) >= 11 is 9.90. The first-order valence-electron chi connectivity index (χ1n) is 3.02. The summed E-state index contributed by atoms with van der Waals surface area (Å²) in [7, 11) is 0. The molecule has 0 unspecified atom stereocenters. The van der Waals surface area contributed by atoms with E-state index in [9.17, 15) is 0 Å². The molecule has 0 aromatic heterocycles. The van der Waals surface area contributed by atoms with Crippen molar-refractivity contribution in [1.29, 1.82) is 0 Å². The molecule has 0 bridgehead atoms. The van der Waals surface area contributed by atoms with Crippen LogP contribution in [0, 0.1) is 0 Å². The second-order valence-corrected chi connectivity index (χ2v) is 4.33. The molecule has 1 N–H and O–H groups in total. The van der Waals surface area contributed by atoms with E-state index in [4.69, 9.17) is 0 Å². The summed E-state index contributed by atoms with van der Waals surface area (Å²) in [6, 6.07) is 5.96. The first-order valence-corrected chi connectivity index (χ1v) is 4.64. The van der Waals surface area contributed by atoms with Crippen LogP contribution in [0.15, 0.2) is 28.0 Å². The van der Waals surface area contributed by atoms with Gasteiger partial charge in [0.15, 0.2) is 0 Å². The third-order valence-corrected chi connectivity index (χ3v) is 2.80. The van der Waals surface area contributed by atoms with Crippen LogP contribution in [-0.2, 0) is 0 Å². The van der Waals surface area contributed by atoms with E-state index in [-0.39, 0.29) is 0 Å². The lowest BCUT2D eigenvalue weighted by Crippen LogP contribution is -2.03. The van der Waals surface area contributed by atoms with Crippen molar-refractivity contribution in [3.63, 3.8) is 0 Å². The summed E-state index contributed by atoms with van der Waals surface area (Å²) in [6.45, 7) is 0. The van der Waals surface area contributed by atoms with E-state index in [1.165, 1.54) is 4.90 Å². The quantitative estimate of drug-likeness (QED) is 0.443. The standard InChI is InChI=1S/C6H6N2S3/c9-4-1-2-6-5(3-4)7-8(10)11-6/h1-3,7,9-10H. The summed E-state index contributed by atoms with van der Waals surface area (Å²) in [4.78, 5) is 2.14. The van der Waals surface area contributed by atoms with Gasteiger partial charge >= 0.3 is 0 Å². The molecule has 0 spiro atoms. The number of rotatable bonds is 0. The van der Waals surface area contributed by atoms with E-state index in [0.29, 0.717) is 0 Å². The average Bonchev–Trinajstić information content (AvgIpc) is 2.27. The van der Waals surface area contributed by atoms with Crippen LogP contribution < -0.4 is 5.43 Å². The Morgan fingerprint density at radius 3 is 3.09 bits per heavy atom. The van der Waals surface area contributed by atoms with Crippen LogP contribution in [0.2, 0.25) is 0 Å². The molecule has 0 saturated heterocycles. The van der Waals surface area contributed by atoms with E-state index < -0.39 is 0 Å². The smallest absolute Gasteiger partial charge is 0.0669 e. The van der Waals surface area contributed by atoms with Gasteiger partial charge in [-0.1, -0.05) is 12.8 Å². The number of anilines is 1. The summed E-state index contributed by atoms with van der Waals surface area (Å²) in [5.41, 5.74) is 4.12. The molecule has 2 rings (SSSR count). The number of nitrogens with zero attached hydrogens (tertiary/aromatic N) is 1. The Bertz CT molecular complexity index is 289. The lowest BCUT2D eigenvalue weighted by molar-refractivity contribution is 0.947. The third-order valence-electron chi connectivity index (χ3n) is 1.36. The maximum atomic E-state index is 4.22. The Morgan fingerprint density at radius 1 is 1.45 bits per heavy atom. The predicted octanol–water partition coefficient (Wildman–Crippen LogP) is 2.47. The van der Waals surface area contributed by atoms with Gasteiger partial charge in [0.25, 0.3) is 0 Å². The van der Waals surface area contributed by atoms with Gasteiger partial charge in [-0.25, -0.2) is 0 Å². The molecule has 0 atom stereocenters. The molecule has 0 aliphatic carbocycles. The third kappa shape index (κ3) is 1.46. The highest BCUT2D eigenvalue weighted by molar-refractivity contribution is 8.06. The van der Waals surface area contributed by atoms with Crippen molar-refractivity contribution < 1.29 is 0 Å². The van der Waals surface area contributed by atoms with E-state index >= 15 is 0 Å². The molecule has 1 aromatic carbocycles. The van der Waals surface area contributed by atoms with Gasteiger partial charge in [0.05, 0.1) is 10.6 Å². The number of hydrogen-bond donors (Lipinski definition) is 3. The lowest BCUT2D eigenvalue weighted by atomic mass is 10.3. The van der Waals surface area contributed by atoms with Gasteiger partial charge in [-0.2, -0.15) is 0 Å². The zero-order chi connectivity index (χ0) is 7.84. The van der Waals surface area contributed by atoms with Crippen LogP contribution in [0.25, 0.3) is 0 Å². The minimum absolute atomic E-state index is 0.959. The predicted molar refractivity (Wildman–Crippen MR) is 54.0 cm³/mol. The van der Waals surface area contributed by atoms with Crippen LogP contribution in [-0.4, -0.2) is 3.82 Å². The molecule has 58 valence electrons. The number of hydrogen-bond acceptors (Lipinski definition) is 5. The Hall–Kier alpha value is 0.0300. The van der Waals surface area contributed by atoms with Crippen LogP contribution in [0.4, 0.5) is 5.69 Å². The molecule has 1 heterocycles. The van der Waals surface area contributed by atoms with Crippen LogP contribution in [0.1, 0.15) is 0 Å². The number of benzene rings is 1. The molecule has 1 aromatic rings. The monoisotopic (exact) mass is 202 g/mol. The van der Waals surface area contributed by atoms with Crippen molar-refractivity contribution in [2.45, 2.75) is 9.79 Å². The molecule has 1 aliphatic heterocycles. The minimum Gasteiger partial charge on any atom is -0.298 e. The second-order valence-electron chi connectivity index (χ2n) is 2.16. The van der Waals surface area contributed by atoms with E-state index in [0.717, 1.165) is 10.6 Å². The number of hydrazine groups is 1. The molecule has 0 fully saturated rings. The summed E-state index contributed by atoms with van der Waals surface area (Å²) in [5, 5.41) is 0.